The average molecular weight is 295 g/mol. The van der Waals surface area contributed by atoms with Gasteiger partial charge in [-0.25, -0.2) is 4.68 Å². The smallest absolute Gasteiger partial charge is 0.267 e. The molecule has 0 spiro atoms. The second-order valence-electron chi connectivity index (χ2n) is 4.61. The zero-order valence-corrected chi connectivity index (χ0v) is 11.6. The molecule has 0 bridgehead atoms. The molecular formula is C16H13N3O3. The van der Waals surface area contributed by atoms with E-state index in [1.165, 1.54) is 12.3 Å². The van der Waals surface area contributed by atoms with Crippen molar-refractivity contribution in [1.82, 2.24) is 9.78 Å². The van der Waals surface area contributed by atoms with Crippen LogP contribution < -0.4 is 10.9 Å². The molecule has 22 heavy (non-hydrogen) atoms. The van der Waals surface area contributed by atoms with Crippen LogP contribution in [0.5, 0.6) is 0 Å². The van der Waals surface area contributed by atoms with E-state index in [1.807, 2.05) is 18.2 Å². The molecule has 1 aromatic carbocycles. The summed E-state index contributed by atoms with van der Waals surface area (Å²) in [5.41, 5.74) is 0.818. The Balaban J connectivity index is 1.78. The third-order valence-electron chi connectivity index (χ3n) is 2.99. The predicted octanol–water partition coefficient (Wildman–Crippen LogP) is 2.14. The molecule has 110 valence electrons. The first-order chi connectivity index (χ1) is 10.7. The maximum Gasteiger partial charge on any atom is 0.267 e. The van der Waals surface area contributed by atoms with E-state index in [9.17, 15) is 9.59 Å². The molecule has 0 aliphatic carbocycles. The summed E-state index contributed by atoms with van der Waals surface area (Å²) in [6.45, 7) is -0.164. The van der Waals surface area contributed by atoms with Crippen molar-refractivity contribution in [2.75, 3.05) is 5.32 Å². The molecule has 1 amide bonds. The van der Waals surface area contributed by atoms with Crippen molar-refractivity contribution in [2.45, 2.75) is 6.54 Å². The minimum absolute atomic E-state index is 0.164. The van der Waals surface area contributed by atoms with Crippen molar-refractivity contribution in [1.29, 1.82) is 0 Å². The van der Waals surface area contributed by atoms with Crippen molar-refractivity contribution >= 4 is 11.6 Å². The van der Waals surface area contributed by atoms with E-state index in [2.05, 4.69) is 10.4 Å². The highest BCUT2D eigenvalue weighted by atomic mass is 16.3. The number of furan rings is 1. The molecule has 3 aromatic rings. The van der Waals surface area contributed by atoms with Crippen LogP contribution in [0, 0.1) is 0 Å². The quantitative estimate of drug-likeness (QED) is 0.800. The van der Waals surface area contributed by atoms with Gasteiger partial charge in [0.15, 0.2) is 5.76 Å². The van der Waals surface area contributed by atoms with Crippen LogP contribution in [-0.2, 0) is 11.3 Å². The highest BCUT2D eigenvalue weighted by Gasteiger charge is 2.09. The summed E-state index contributed by atoms with van der Waals surface area (Å²) in [7, 11) is 0. The van der Waals surface area contributed by atoms with Gasteiger partial charge in [-0.3, -0.25) is 9.59 Å². The highest BCUT2D eigenvalue weighted by molar-refractivity contribution is 5.90. The number of amides is 1. The van der Waals surface area contributed by atoms with E-state index in [1.54, 1.807) is 30.3 Å². The van der Waals surface area contributed by atoms with Gasteiger partial charge in [0.2, 0.25) is 5.91 Å². The summed E-state index contributed by atoms with van der Waals surface area (Å²) >= 11 is 0. The van der Waals surface area contributed by atoms with Gasteiger partial charge in [-0.1, -0.05) is 18.2 Å². The molecule has 2 heterocycles. The van der Waals surface area contributed by atoms with E-state index >= 15 is 0 Å². The fourth-order valence-corrected chi connectivity index (χ4v) is 1.98. The topological polar surface area (TPSA) is 77.1 Å². The van der Waals surface area contributed by atoms with Crippen LogP contribution in [-0.4, -0.2) is 15.7 Å². The Morgan fingerprint density at radius 3 is 2.64 bits per heavy atom. The maximum atomic E-state index is 12.0. The summed E-state index contributed by atoms with van der Waals surface area (Å²) in [5, 5.41) is 6.86. The number of benzene rings is 1. The Kier molecular flexibility index (Phi) is 3.82. The molecule has 6 heteroatoms. The van der Waals surface area contributed by atoms with E-state index in [-0.39, 0.29) is 18.0 Å². The third-order valence-corrected chi connectivity index (χ3v) is 2.99. The molecule has 1 N–H and O–H groups in total. The van der Waals surface area contributed by atoms with Crippen LogP contribution >= 0.6 is 0 Å². The number of hydrogen-bond acceptors (Lipinski definition) is 4. The minimum atomic E-state index is -0.349. The number of carbonyl (C=O) groups excluding carboxylic acids is 1. The van der Waals surface area contributed by atoms with Crippen LogP contribution in [0.25, 0.3) is 11.5 Å². The van der Waals surface area contributed by atoms with Gasteiger partial charge < -0.3 is 9.73 Å². The predicted molar refractivity (Wildman–Crippen MR) is 81.3 cm³/mol. The lowest BCUT2D eigenvalue weighted by Crippen LogP contribution is -2.29. The number of hydrogen-bond donors (Lipinski definition) is 1. The fourth-order valence-electron chi connectivity index (χ4n) is 1.98. The molecule has 0 aliphatic rings. The number of para-hydroxylation sites is 1. The lowest BCUT2D eigenvalue weighted by Gasteiger charge is -2.07. The van der Waals surface area contributed by atoms with Gasteiger partial charge in [-0.15, -0.1) is 0 Å². The lowest BCUT2D eigenvalue weighted by molar-refractivity contribution is -0.117. The molecule has 0 atom stereocenters. The van der Waals surface area contributed by atoms with Crippen LogP contribution in [0.3, 0.4) is 0 Å². The van der Waals surface area contributed by atoms with Crippen LogP contribution in [0.2, 0.25) is 0 Å². The molecule has 0 radical (unpaired) electrons. The minimum Gasteiger partial charge on any atom is -0.463 e. The van der Waals surface area contributed by atoms with Gasteiger partial charge in [0.1, 0.15) is 12.2 Å². The van der Waals surface area contributed by atoms with E-state index < -0.39 is 0 Å². The van der Waals surface area contributed by atoms with Gasteiger partial charge in [-0.05, 0) is 30.3 Å². The molecule has 0 unspecified atom stereocenters. The number of aromatic nitrogens is 2. The first kappa shape index (κ1) is 13.8. The molecular weight excluding hydrogens is 282 g/mol. The van der Waals surface area contributed by atoms with E-state index in [4.69, 9.17) is 4.42 Å². The molecule has 2 aromatic heterocycles. The van der Waals surface area contributed by atoms with Crippen molar-refractivity contribution in [3.05, 3.63) is 71.2 Å². The number of nitrogens with zero attached hydrogens (tertiary/aromatic N) is 2. The average Bonchev–Trinajstić information content (AvgIpc) is 3.05. The Morgan fingerprint density at radius 2 is 1.91 bits per heavy atom. The van der Waals surface area contributed by atoms with Crippen molar-refractivity contribution in [3.8, 4) is 11.5 Å². The molecule has 6 nitrogen and oxygen atoms in total. The Labute approximate surface area is 126 Å². The summed E-state index contributed by atoms with van der Waals surface area (Å²) in [5.74, 6) is 0.217. The molecule has 0 saturated heterocycles. The number of nitrogens with one attached hydrogen (secondary N) is 1. The van der Waals surface area contributed by atoms with Crippen LogP contribution in [0.15, 0.2) is 70.1 Å². The SMILES string of the molecule is O=C(Cn1nc(-c2ccco2)ccc1=O)Nc1ccccc1. The van der Waals surface area contributed by atoms with Crippen molar-refractivity contribution < 1.29 is 9.21 Å². The zero-order valence-electron chi connectivity index (χ0n) is 11.6. The van der Waals surface area contributed by atoms with Gasteiger partial charge in [0.25, 0.3) is 5.56 Å². The Bertz CT molecular complexity index is 823. The van der Waals surface area contributed by atoms with E-state index in [0.29, 0.717) is 17.1 Å². The summed E-state index contributed by atoms with van der Waals surface area (Å²) < 4.78 is 6.34. The third kappa shape index (κ3) is 3.12. The second kappa shape index (κ2) is 6.09. The molecule has 0 fully saturated rings. The van der Waals surface area contributed by atoms with Gasteiger partial charge in [-0.2, -0.15) is 5.10 Å². The van der Waals surface area contributed by atoms with Crippen molar-refractivity contribution in [2.24, 2.45) is 0 Å². The van der Waals surface area contributed by atoms with Gasteiger partial charge in [0, 0.05) is 11.8 Å². The lowest BCUT2D eigenvalue weighted by atomic mass is 10.3. The monoisotopic (exact) mass is 295 g/mol. The number of anilines is 1. The number of rotatable bonds is 4. The fraction of sp³-hybridized carbons (Fsp3) is 0.0625. The normalized spacial score (nSPS) is 10.4. The zero-order chi connectivity index (χ0) is 15.4. The Morgan fingerprint density at radius 1 is 1.09 bits per heavy atom. The molecule has 0 saturated carbocycles. The standard InChI is InChI=1S/C16H13N3O3/c20-15(17-12-5-2-1-3-6-12)11-19-16(21)9-8-13(18-19)14-7-4-10-22-14/h1-10H,11H2,(H,17,20). The first-order valence-electron chi connectivity index (χ1n) is 6.69. The van der Waals surface area contributed by atoms with Crippen LogP contribution in [0.4, 0.5) is 5.69 Å². The summed E-state index contributed by atoms with van der Waals surface area (Å²) in [4.78, 5) is 23.8. The number of carbonyl (C=O) groups is 1. The van der Waals surface area contributed by atoms with Crippen LogP contribution in [0.1, 0.15) is 0 Å². The summed E-state index contributed by atoms with van der Waals surface area (Å²) in [6.07, 6.45) is 1.52. The van der Waals surface area contributed by atoms with Gasteiger partial charge >= 0.3 is 0 Å². The Hall–Kier alpha value is -3.15. The highest BCUT2D eigenvalue weighted by Crippen LogP contribution is 2.15. The maximum absolute atomic E-state index is 12.0. The largest absolute Gasteiger partial charge is 0.463 e. The first-order valence-corrected chi connectivity index (χ1v) is 6.69. The van der Waals surface area contributed by atoms with Crippen molar-refractivity contribution in [3.63, 3.8) is 0 Å². The molecule has 3 rings (SSSR count). The van der Waals surface area contributed by atoms with Gasteiger partial charge in [0.05, 0.1) is 6.26 Å². The summed E-state index contributed by atoms with van der Waals surface area (Å²) in [6, 6.07) is 15.4. The van der Waals surface area contributed by atoms with E-state index in [0.717, 1.165) is 4.68 Å². The second-order valence-corrected chi connectivity index (χ2v) is 4.61. The molecule has 0 aliphatic heterocycles.